The third kappa shape index (κ3) is 8.35. The number of hydrogen-bond acceptors (Lipinski definition) is 5. The minimum atomic E-state index is -4.94. The molecule has 0 unspecified atom stereocenters. The first-order valence-corrected chi connectivity index (χ1v) is 7.96. The summed E-state index contributed by atoms with van der Waals surface area (Å²) in [5, 5.41) is 0. The second-order valence-corrected chi connectivity index (χ2v) is 7.18. The van der Waals surface area contributed by atoms with Gasteiger partial charge in [-0.3, -0.25) is 0 Å². The number of hydrogen-bond donors (Lipinski definition) is 0. The van der Waals surface area contributed by atoms with Crippen LogP contribution < -0.4 is 18.6 Å². The second kappa shape index (κ2) is 6.20. The van der Waals surface area contributed by atoms with Crippen molar-refractivity contribution in [3.05, 3.63) is 15.8 Å². The Kier molecular flexibility index (Phi) is 6.27. The van der Waals surface area contributed by atoms with Gasteiger partial charge in [0, 0.05) is 11.5 Å². The molecule has 1 heterocycles. The zero-order valence-electron chi connectivity index (χ0n) is 9.61. The van der Waals surface area contributed by atoms with Crippen molar-refractivity contribution in [2.24, 2.45) is 0 Å². The average molecular weight is 287 g/mol. The molecular weight excluding hydrogens is 272 g/mol. The molecule has 0 aromatic carbocycles. The molecule has 0 atom stereocenters. The third-order valence-electron chi connectivity index (χ3n) is 1.62. The first kappa shape index (κ1) is 16.2. The molecule has 7 heteroatoms. The predicted molar refractivity (Wildman–Crippen MR) is 54.7 cm³/mol. The maximum atomic E-state index is 8.49. The lowest BCUT2D eigenvalue weighted by molar-refractivity contribution is -2.00. The van der Waals surface area contributed by atoms with E-state index in [1.165, 1.54) is 16.2 Å². The van der Waals surface area contributed by atoms with Crippen molar-refractivity contribution in [3.8, 4) is 0 Å². The molecule has 0 aliphatic heterocycles. The predicted octanol–water partition coefficient (Wildman–Crippen LogP) is -0.805. The van der Waals surface area contributed by atoms with E-state index in [0.717, 1.165) is 0 Å². The van der Waals surface area contributed by atoms with Gasteiger partial charge in [0.1, 0.15) is 0 Å². The quantitative estimate of drug-likeness (QED) is 0.499. The normalized spacial score (nSPS) is 12.0. The topological polar surface area (TPSA) is 92.2 Å². The van der Waals surface area contributed by atoms with Gasteiger partial charge in [-0.2, -0.15) is 0 Å². The van der Waals surface area contributed by atoms with E-state index in [0.29, 0.717) is 5.41 Å². The van der Waals surface area contributed by atoms with E-state index in [9.17, 15) is 0 Å². The molecule has 4 nitrogen and oxygen atoms in total. The molecular formula is C9H15ClO4S2. The molecule has 0 aliphatic carbocycles. The van der Waals surface area contributed by atoms with Crippen molar-refractivity contribution in [3.63, 3.8) is 0 Å². The summed E-state index contributed by atoms with van der Waals surface area (Å²) in [6.07, 6.45) is 1.18. The standard InChI is InChI=1S/C9H15S2.ClHO4/c1-5-7-6-8(11-10-7)9(2,3)4;2-1(3,4)5/h6H,5H2,1-4H3;(H,2,3,4,5)/q+1;/p-1. The lowest BCUT2D eigenvalue weighted by atomic mass is 9.94. The summed E-state index contributed by atoms with van der Waals surface area (Å²) in [5.41, 5.74) is 0.342. The van der Waals surface area contributed by atoms with Crippen molar-refractivity contribution < 1.29 is 28.9 Å². The fraction of sp³-hybridized carbons (Fsp3) is 0.667. The average Bonchev–Trinajstić information content (AvgIpc) is 2.46. The Morgan fingerprint density at radius 2 is 1.69 bits per heavy atom. The van der Waals surface area contributed by atoms with Crippen molar-refractivity contribution in [2.75, 3.05) is 0 Å². The zero-order valence-corrected chi connectivity index (χ0v) is 12.0. The van der Waals surface area contributed by atoms with Gasteiger partial charge in [0.15, 0.2) is 10.3 Å². The molecule has 0 fully saturated rings. The highest BCUT2D eigenvalue weighted by molar-refractivity contribution is 7.69. The molecule has 1 rings (SSSR count). The Balaban J connectivity index is 0.000000385. The minimum Gasteiger partial charge on any atom is -0.222 e. The van der Waals surface area contributed by atoms with Crippen LogP contribution in [0.2, 0.25) is 0 Å². The molecule has 0 amide bonds. The summed E-state index contributed by atoms with van der Waals surface area (Å²) in [5.74, 6) is 0. The fourth-order valence-corrected chi connectivity index (χ4v) is 3.77. The summed E-state index contributed by atoms with van der Waals surface area (Å²) >= 11 is 0. The van der Waals surface area contributed by atoms with E-state index in [2.05, 4.69) is 33.8 Å². The van der Waals surface area contributed by atoms with Crippen LogP contribution in [-0.4, -0.2) is 0 Å². The van der Waals surface area contributed by atoms with Crippen molar-refractivity contribution in [1.82, 2.24) is 0 Å². The van der Waals surface area contributed by atoms with Gasteiger partial charge in [-0.05, 0) is 6.42 Å². The largest absolute Gasteiger partial charge is 0.295 e. The maximum absolute atomic E-state index is 8.49. The smallest absolute Gasteiger partial charge is 0.222 e. The lowest BCUT2D eigenvalue weighted by Crippen LogP contribution is -2.68. The van der Waals surface area contributed by atoms with Crippen LogP contribution in [0.5, 0.6) is 0 Å². The Morgan fingerprint density at radius 1 is 1.25 bits per heavy atom. The van der Waals surface area contributed by atoms with Crippen LogP contribution in [0.1, 0.15) is 37.4 Å². The molecule has 16 heavy (non-hydrogen) atoms. The van der Waals surface area contributed by atoms with Crippen LogP contribution in [0.25, 0.3) is 0 Å². The van der Waals surface area contributed by atoms with Gasteiger partial charge in [0.25, 0.3) is 10.3 Å². The van der Waals surface area contributed by atoms with E-state index >= 15 is 0 Å². The number of rotatable bonds is 1. The Hall–Kier alpha value is 0.180. The highest BCUT2D eigenvalue weighted by atomic mass is 35.7. The van der Waals surface area contributed by atoms with Crippen molar-refractivity contribution >= 4 is 20.7 Å². The molecule has 1 aromatic rings. The van der Waals surface area contributed by atoms with Crippen LogP contribution in [0.4, 0.5) is 0 Å². The minimum absolute atomic E-state index is 0.342. The summed E-state index contributed by atoms with van der Waals surface area (Å²) < 4.78 is 34.0. The molecule has 0 aliphatic rings. The summed E-state index contributed by atoms with van der Waals surface area (Å²) in [6.45, 7) is 9.02. The Bertz CT molecular complexity index is 308. The van der Waals surface area contributed by atoms with E-state index in [4.69, 9.17) is 18.6 Å². The van der Waals surface area contributed by atoms with Crippen LogP contribution >= 0.6 is 20.7 Å². The zero-order chi connectivity index (χ0) is 13.0. The molecule has 0 spiro atoms. The second-order valence-electron chi connectivity index (χ2n) is 4.12. The maximum Gasteiger partial charge on any atom is 0.295 e. The molecule has 0 N–H and O–H groups in total. The monoisotopic (exact) mass is 286 g/mol. The van der Waals surface area contributed by atoms with E-state index in [-0.39, 0.29) is 0 Å². The molecule has 1 aromatic heterocycles. The van der Waals surface area contributed by atoms with Crippen LogP contribution in [-0.2, 0) is 11.8 Å². The third-order valence-corrected chi connectivity index (χ3v) is 4.66. The Morgan fingerprint density at radius 3 is 1.88 bits per heavy atom. The highest BCUT2D eigenvalue weighted by Crippen LogP contribution is 2.32. The number of halogens is 1. The van der Waals surface area contributed by atoms with Crippen LogP contribution in [0.15, 0.2) is 6.07 Å². The number of aryl methyl sites for hydroxylation is 1. The van der Waals surface area contributed by atoms with E-state index in [1.54, 1.807) is 0 Å². The van der Waals surface area contributed by atoms with Gasteiger partial charge in [0.05, 0.1) is 4.88 Å². The summed E-state index contributed by atoms with van der Waals surface area (Å²) in [7, 11) is -1.10. The fourth-order valence-electron chi connectivity index (χ4n) is 0.795. The molecule has 0 saturated carbocycles. The van der Waals surface area contributed by atoms with Crippen LogP contribution in [0, 0.1) is 10.2 Å². The first-order chi connectivity index (χ1) is 7.04. The molecule has 94 valence electrons. The highest BCUT2D eigenvalue weighted by Gasteiger charge is 2.26. The van der Waals surface area contributed by atoms with Gasteiger partial charge >= 0.3 is 0 Å². The molecule has 0 radical (unpaired) electrons. The van der Waals surface area contributed by atoms with Gasteiger partial charge in [-0.1, -0.05) is 27.7 Å². The van der Waals surface area contributed by atoms with E-state index < -0.39 is 10.2 Å². The first-order valence-electron chi connectivity index (χ1n) is 4.58. The van der Waals surface area contributed by atoms with Gasteiger partial charge < -0.3 is 0 Å². The molecule has 0 saturated heterocycles. The SMILES string of the molecule is CCc1cc(C(C)(C)C)[s+]s1.[O-][Cl+3]([O-])([O-])[O-]. The molecule has 0 bridgehead atoms. The van der Waals surface area contributed by atoms with Crippen molar-refractivity contribution in [1.29, 1.82) is 0 Å². The Labute approximate surface area is 105 Å². The van der Waals surface area contributed by atoms with Crippen LogP contribution in [0.3, 0.4) is 0 Å². The lowest BCUT2D eigenvalue weighted by Gasteiger charge is -2.17. The van der Waals surface area contributed by atoms with Crippen molar-refractivity contribution in [2.45, 2.75) is 39.5 Å². The van der Waals surface area contributed by atoms with Gasteiger partial charge in [0.2, 0.25) is 4.88 Å². The summed E-state index contributed by atoms with van der Waals surface area (Å²) in [6, 6.07) is 2.34. The summed E-state index contributed by atoms with van der Waals surface area (Å²) in [4.78, 5) is 3.03. The van der Waals surface area contributed by atoms with E-state index in [1.807, 2.05) is 20.7 Å². The van der Waals surface area contributed by atoms with Gasteiger partial charge in [-0.25, -0.2) is 18.6 Å². The van der Waals surface area contributed by atoms with Gasteiger partial charge in [-0.15, -0.1) is 10.2 Å².